The average Bonchev–Trinajstić information content (AvgIpc) is 2.18. The lowest BCUT2D eigenvalue weighted by atomic mass is 9.96. The highest BCUT2D eigenvalue weighted by atomic mass is 15.1. The van der Waals surface area contributed by atoms with Gasteiger partial charge in [-0.15, -0.1) is 0 Å². The van der Waals surface area contributed by atoms with E-state index in [0.717, 1.165) is 11.8 Å². The number of likely N-dealkylation sites (tertiary alicyclic amines) is 1. The van der Waals surface area contributed by atoms with Crippen LogP contribution in [0.15, 0.2) is 0 Å². The molecule has 0 aromatic carbocycles. The molecule has 1 saturated heterocycles. The van der Waals surface area contributed by atoms with Crippen molar-refractivity contribution in [1.29, 1.82) is 0 Å². The number of nitrogens with one attached hydrogen (secondary N) is 1. The van der Waals surface area contributed by atoms with E-state index in [-0.39, 0.29) is 0 Å². The Hall–Kier alpha value is -0.0800. The van der Waals surface area contributed by atoms with Crippen molar-refractivity contribution >= 4 is 0 Å². The molecule has 2 unspecified atom stereocenters. The molecule has 1 N–H and O–H groups in total. The minimum Gasteiger partial charge on any atom is -0.313 e. The summed E-state index contributed by atoms with van der Waals surface area (Å²) in [4.78, 5) is 2.46. The highest BCUT2D eigenvalue weighted by Gasteiger charge is 2.18. The van der Waals surface area contributed by atoms with E-state index in [0.29, 0.717) is 6.04 Å². The van der Waals surface area contributed by atoms with Gasteiger partial charge in [0.15, 0.2) is 0 Å². The molecule has 1 rings (SSSR count). The van der Waals surface area contributed by atoms with Gasteiger partial charge in [0.05, 0.1) is 0 Å². The first-order valence-corrected chi connectivity index (χ1v) is 6.55. The van der Waals surface area contributed by atoms with Gasteiger partial charge in [0.25, 0.3) is 0 Å². The van der Waals surface area contributed by atoms with Gasteiger partial charge in [-0.05, 0) is 51.2 Å². The number of hydrogen-bond donors (Lipinski definition) is 1. The Morgan fingerprint density at radius 2 is 2.13 bits per heavy atom. The summed E-state index contributed by atoms with van der Waals surface area (Å²) in [6.45, 7) is 10.7. The summed E-state index contributed by atoms with van der Waals surface area (Å²) < 4.78 is 0. The van der Waals surface area contributed by atoms with Gasteiger partial charge in [-0.2, -0.15) is 0 Å². The second kappa shape index (κ2) is 6.49. The summed E-state index contributed by atoms with van der Waals surface area (Å²) in [5.41, 5.74) is 0. The minimum atomic E-state index is 0.706. The zero-order valence-electron chi connectivity index (χ0n) is 10.9. The van der Waals surface area contributed by atoms with Gasteiger partial charge >= 0.3 is 0 Å². The third kappa shape index (κ3) is 4.52. The second-order valence-corrected chi connectivity index (χ2v) is 5.44. The Morgan fingerprint density at radius 3 is 2.67 bits per heavy atom. The maximum atomic E-state index is 3.73. The van der Waals surface area contributed by atoms with Crippen molar-refractivity contribution in [1.82, 2.24) is 10.2 Å². The van der Waals surface area contributed by atoms with Crippen LogP contribution in [0.1, 0.15) is 40.0 Å². The van der Waals surface area contributed by atoms with E-state index >= 15 is 0 Å². The average molecular weight is 212 g/mol. The van der Waals surface area contributed by atoms with Crippen LogP contribution in [-0.4, -0.2) is 37.6 Å². The highest BCUT2D eigenvalue weighted by molar-refractivity contribution is 4.76. The quantitative estimate of drug-likeness (QED) is 0.752. The monoisotopic (exact) mass is 212 g/mol. The Labute approximate surface area is 95.4 Å². The third-order valence-electron chi connectivity index (χ3n) is 3.64. The smallest absolute Gasteiger partial charge is 0.00875 e. The predicted molar refractivity (Wildman–Crippen MR) is 67.1 cm³/mol. The minimum absolute atomic E-state index is 0.706. The molecular weight excluding hydrogens is 184 g/mol. The van der Waals surface area contributed by atoms with Gasteiger partial charge in [0.2, 0.25) is 0 Å². The first-order chi connectivity index (χ1) is 7.13. The molecule has 90 valence electrons. The highest BCUT2D eigenvalue weighted by Crippen LogP contribution is 2.15. The molecule has 1 aliphatic heterocycles. The van der Waals surface area contributed by atoms with Gasteiger partial charge in [-0.25, -0.2) is 0 Å². The van der Waals surface area contributed by atoms with Crippen LogP contribution in [0.2, 0.25) is 0 Å². The molecule has 2 atom stereocenters. The number of rotatable bonds is 5. The molecule has 2 nitrogen and oxygen atoms in total. The van der Waals surface area contributed by atoms with Crippen molar-refractivity contribution in [2.45, 2.75) is 46.1 Å². The maximum absolute atomic E-state index is 3.73. The molecule has 0 aliphatic carbocycles. The molecule has 0 aromatic rings. The fraction of sp³-hybridized carbons (Fsp3) is 1.00. The Bertz CT molecular complexity index is 168. The molecule has 15 heavy (non-hydrogen) atoms. The fourth-order valence-electron chi connectivity index (χ4n) is 2.61. The Balaban J connectivity index is 2.23. The van der Waals surface area contributed by atoms with E-state index in [1.807, 2.05) is 0 Å². The van der Waals surface area contributed by atoms with Crippen LogP contribution in [0.3, 0.4) is 0 Å². The van der Waals surface area contributed by atoms with Crippen molar-refractivity contribution in [2.24, 2.45) is 11.8 Å². The lowest BCUT2D eigenvalue weighted by molar-refractivity contribution is 0.198. The summed E-state index contributed by atoms with van der Waals surface area (Å²) in [6.07, 6.45) is 4.04. The zero-order chi connectivity index (χ0) is 11.3. The van der Waals surface area contributed by atoms with Crippen LogP contribution in [-0.2, 0) is 0 Å². The summed E-state index contributed by atoms with van der Waals surface area (Å²) >= 11 is 0. The molecule has 2 heteroatoms. The first-order valence-electron chi connectivity index (χ1n) is 6.55. The predicted octanol–water partition coefficient (Wildman–Crippen LogP) is 2.35. The van der Waals surface area contributed by atoms with Gasteiger partial charge in [0, 0.05) is 12.6 Å². The van der Waals surface area contributed by atoms with E-state index in [9.17, 15) is 0 Å². The molecule has 0 radical (unpaired) electrons. The summed E-state index contributed by atoms with van der Waals surface area (Å²) in [6, 6.07) is 0.706. The lowest BCUT2D eigenvalue weighted by Gasteiger charge is -2.31. The van der Waals surface area contributed by atoms with Crippen molar-refractivity contribution < 1.29 is 0 Å². The Kier molecular flexibility index (Phi) is 5.62. The van der Waals surface area contributed by atoms with Crippen molar-refractivity contribution in [3.63, 3.8) is 0 Å². The van der Waals surface area contributed by atoms with Gasteiger partial charge in [0.1, 0.15) is 0 Å². The third-order valence-corrected chi connectivity index (χ3v) is 3.64. The SMILES string of the molecule is CCC(NCC1CCCN(C)C1)C(C)C. The molecule has 1 aliphatic rings. The second-order valence-electron chi connectivity index (χ2n) is 5.44. The molecule has 0 bridgehead atoms. The maximum Gasteiger partial charge on any atom is 0.00875 e. The van der Waals surface area contributed by atoms with Crippen LogP contribution in [0.5, 0.6) is 0 Å². The molecule has 0 spiro atoms. The van der Waals surface area contributed by atoms with Gasteiger partial charge in [-0.3, -0.25) is 0 Å². The molecular formula is C13H28N2. The molecule has 1 fully saturated rings. The molecule has 0 amide bonds. The van der Waals surface area contributed by atoms with Crippen LogP contribution >= 0.6 is 0 Å². The van der Waals surface area contributed by atoms with E-state index in [2.05, 4.69) is 38.0 Å². The first kappa shape index (κ1) is 13.0. The Morgan fingerprint density at radius 1 is 1.40 bits per heavy atom. The lowest BCUT2D eigenvalue weighted by Crippen LogP contribution is -2.42. The van der Waals surface area contributed by atoms with E-state index in [1.165, 1.54) is 38.9 Å². The zero-order valence-corrected chi connectivity index (χ0v) is 10.9. The summed E-state index contributed by atoms with van der Waals surface area (Å²) in [5, 5.41) is 3.73. The van der Waals surface area contributed by atoms with Crippen molar-refractivity contribution in [3.8, 4) is 0 Å². The van der Waals surface area contributed by atoms with Gasteiger partial charge < -0.3 is 10.2 Å². The van der Waals surface area contributed by atoms with Crippen LogP contribution in [0, 0.1) is 11.8 Å². The normalized spacial score (nSPS) is 25.8. The van der Waals surface area contributed by atoms with E-state index in [1.54, 1.807) is 0 Å². The molecule has 1 heterocycles. The fourth-order valence-corrected chi connectivity index (χ4v) is 2.61. The number of hydrogen-bond acceptors (Lipinski definition) is 2. The standard InChI is InChI=1S/C13H28N2/c1-5-13(11(2)3)14-9-12-7-6-8-15(4)10-12/h11-14H,5-10H2,1-4H3. The largest absolute Gasteiger partial charge is 0.313 e. The van der Waals surface area contributed by atoms with Gasteiger partial charge in [-0.1, -0.05) is 20.8 Å². The number of piperidine rings is 1. The van der Waals surface area contributed by atoms with E-state index < -0.39 is 0 Å². The molecule has 0 saturated carbocycles. The molecule has 0 aromatic heterocycles. The van der Waals surface area contributed by atoms with E-state index in [4.69, 9.17) is 0 Å². The summed E-state index contributed by atoms with van der Waals surface area (Å²) in [7, 11) is 2.24. The topological polar surface area (TPSA) is 15.3 Å². The summed E-state index contributed by atoms with van der Waals surface area (Å²) in [5.74, 6) is 1.63. The van der Waals surface area contributed by atoms with Crippen LogP contribution in [0.25, 0.3) is 0 Å². The number of nitrogens with zero attached hydrogens (tertiary/aromatic N) is 1. The van der Waals surface area contributed by atoms with Crippen LogP contribution < -0.4 is 5.32 Å². The van der Waals surface area contributed by atoms with Crippen molar-refractivity contribution in [2.75, 3.05) is 26.7 Å². The van der Waals surface area contributed by atoms with Crippen LogP contribution in [0.4, 0.5) is 0 Å². The van der Waals surface area contributed by atoms with Crippen molar-refractivity contribution in [3.05, 3.63) is 0 Å².